The summed E-state index contributed by atoms with van der Waals surface area (Å²) < 4.78 is 5.91. The number of anilines is 1. The van der Waals surface area contributed by atoms with Gasteiger partial charge in [0.05, 0.1) is 22.1 Å². The molecule has 0 radical (unpaired) electrons. The molecule has 1 aromatic rings. The van der Waals surface area contributed by atoms with Crippen LogP contribution in [0.2, 0.25) is 0 Å². The molecule has 1 aromatic heterocycles. The number of halogens is 1. The summed E-state index contributed by atoms with van der Waals surface area (Å²) in [4.78, 5) is 14.1. The van der Waals surface area contributed by atoms with Gasteiger partial charge in [0.2, 0.25) is 0 Å². The zero-order chi connectivity index (χ0) is 12.8. The molecule has 94 valence electrons. The lowest BCUT2D eigenvalue weighted by Crippen LogP contribution is -2.14. The number of hydrogen-bond donors (Lipinski definition) is 1. The van der Waals surface area contributed by atoms with E-state index in [9.17, 15) is 10.1 Å². The number of aromatic nitrogens is 1. The maximum absolute atomic E-state index is 10.8. The minimum absolute atomic E-state index is 0.0519. The Hall–Kier alpha value is -1.21. The number of hydrogen-bond acceptors (Lipinski definition) is 5. The zero-order valence-corrected chi connectivity index (χ0v) is 11.2. The molecule has 0 bridgehead atoms. The summed E-state index contributed by atoms with van der Waals surface area (Å²) in [6.07, 6.45) is 2.88. The van der Waals surface area contributed by atoms with Gasteiger partial charge in [0.25, 0.3) is 0 Å². The highest BCUT2D eigenvalue weighted by atomic mass is 79.9. The molecule has 1 rings (SSSR count). The predicted octanol–water partition coefficient (Wildman–Crippen LogP) is 2.59. The number of ether oxygens (including phenoxy) is 1. The molecule has 1 N–H and O–H groups in total. The van der Waals surface area contributed by atoms with Crippen LogP contribution < -0.4 is 5.32 Å². The molecule has 1 heterocycles. The SMILES string of the molecule is CC(C)OCCNc1c(Br)cncc1[N+](=O)[O-]. The quantitative estimate of drug-likeness (QED) is 0.496. The summed E-state index contributed by atoms with van der Waals surface area (Å²) >= 11 is 3.23. The van der Waals surface area contributed by atoms with Crippen LogP contribution in [0, 0.1) is 10.1 Å². The molecular formula is C10H14BrN3O3. The molecule has 0 saturated carbocycles. The number of nitro groups is 1. The van der Waals surface area contributed by atoms with Gasteiger partial charge in [0, 0.05) is 12.7 Å². The van der Waals surface area contributed by atoms with E-state index in [-0.39, 0.29) is 11.8 Å². The fourth-order valence-corrected chi connectivity index (χ4v) is 1.67. The van der Waals surface area contributed by atoms with E-state index in [1.54, 1.807) is 0 Å². The third-order valence-corrected chi connectivity index (χ3v) is 2.53. The lowest BCUT2D eigenvalue weighted by molar-refractivity contribution is -0.384. The van der Waals surface area contributed by atoms with Gasteiger partial charge in [0.1, 0.15) is 11.9 Å². The van der Waals surface area contributed by atoms with Gasteiger partial charge in [-0.3, -0.25) is 15.1 Å². The minimum atomic E-state index is -0.469. The Morgan fingerprint density at radius 1 is 1.59 bits per heavy atom. The van der Waals surface area contributed by atoms with Crippen molar-refractivity contribution >= 4 is 27.3 Å². The number of pyridine rings is 1. The Kier molecular flexibility index (Phi) is 5.30. The molecule has 7 heteroatoms. The average molecular weight is 304 g/mol. The second kappa shape index (κ2) is 6.51. The van der Waals surface area contributed by atoms with Crippen LogP contribution in [0.5, 0.6) is 0 Å². The summed E-state index contributed by atoms with van der Waals surface area (Å²) in [7, 11) is 0. The van der Waals surface area contributed by atoms with Crippen molar-refractivity contribution in [1.82, 2.24) is 4.98 Å². The first-order valence-corrected chi connectivity index (χ1v) is 5.95. The normalized spacial score (nSPS) is 10.6. The molecule has 0 spiro atoms. The average Bonchev–Trinajstić information content (AvgIpc) is 2.25. The van der Waals surface area contributed by atoms with Crippen LogP contribution in [0.25, 0.3) is 0 Å². The van der Waals surface area contributed by atoms with Crippen LogP contribution in [0.3, 0.4) is 0 Å². The first-order valence-electron chi connectivity index (χ1n) is 5.15. The molecule has 0 saturated heterocycles. The van der Waals surface area contributed by atoms with Crippen molar-refractivity contribution in [2.45, 2.75) is 20.0 Å². The summed E-state index contributed by atoms with van der Waals surface area (Å²) in [5, 5.41) is 13.8. The molecular weight excluding hydrogens is 290 g/mol. The van der Waals surface area contributed by atoms with Gasteiger partial charge in [-0.05, 0) is 29.8 Å². The minimum Gasteiger partial charge on any atom is -0.377 e. The highest BCUT2D eigenvalue weighted by molar-refractivity contribution is 9.10. The highest BCUT2D eigenvalue weighted by Crippen LogP contribution is 2.30. The Bertz CT molecular complexity index is 398. The third kappa shape index (κ3) is 4.27. The van der Waals surface area contributed by atoms with Crippen molar-refractivity contribution in [3.05, 3.63) is 27.0 Å². The summed E-state index contributed by atoms with van der Waals surface area (Å²) in [5.74, 6) is 0. The van der Waals surface area contributed by atoms with E-state index < -0.39 is 4.92 Å². The number of nitrogens with zero attached hydrogens (tertiary/aromatic N) is 2. The second-order valence-electron chi connectivity index (χ2n) is 3.62. The predicted molar refractivity (Wildman–Crippen MR) is 68.2 cm³/mol. The molecule has 0 aliphatic rings. The summed E-state index contributed by atoms with van der Waals surface area (Å²) in [5.41, 5.74) is 0.376. The van der Waals surface area contributed by atoms with Crippen molar-refractivity contribution in [2.75, 3.05) is 18.5 Å². The fourth-order valence-electron chi connectivity index (χ4n) is 1.21. The standard InChI is InChI=1S/C10H14BrN3O3/c1-7(2)17-4-3-13-10-8(11)5-12-6-9(10)14(15)16/h5-7H,3-4H2,1-2H3,(H,12,13). The lowest BCUT2D eigenvalue weighted by atomic mass is 10.3. The Morgan fingerprint density at radius 2 is 2.29 bits per heavy atom. The van der Waals surface area contributed by atoms with Crippen LogP contribution in [0.4, 0.5) is 11.4 Å². The molecule has 0 aliphatic carbocycles. The molecule has 6 nitrogen and oxygen atoms in total. The molecule has 0 atom stereocenters. The van der Waals surface area contributed by atoms with Crippen LogP contribution in [-0.4, -0.2) is 29.2 Å². The van der Waals surface area contributed by atoms with Gasteiger partial charge >= 0.3 is 5.69 Å². The van der Waals surface area contributed by atoms with Crippen molar-refractivity contribution in [3.63, 3.8) is 0 Å². The third-order valence-electron chi connectivity index (χ3n) is 1.93. The van der Waals surface area contributed by atoms with E-state index in [0.29, 0.717) is 23.3 Å². The van der Waals surface area contributed by atoms with Crippen LogP contribution in [0.1, 0.15) is 13.8 Å². The van der Waals surface area contributed by atoms with Crippen molar-refractivity contribution in [3.8, 4) is 0 Å². The number of rotatable bonds is 6. The topological polar surface area (TPSA) is 77.3 Å². The van der Waals surface area contributed by atoms with Crippen LogP contribution in [0.15, 0.2) is 16.9 Å². The maximum Gasteiger partial charge on any atom is 0.311 e. The van der Waals surface area contributed by atoms with E-state index in [2.05, 4.69) is 26.2 Å². The van der Waals surface area contributed by atoms with E-state index in [1.807, 2.05) is 13.8 Å². The number of nitrogens with one attached hydrogen (secondary N) is 1. The van der Waals surface area contributed by atoms with E-state index in [4.69, 9.17) is 4.74 Å². The van der Waals surface area contributed by atoms with Gasteiger partial charge < -0.3 is 10.1 Å². The van der Waals surface area contributed by atoms with Crippen LogP contribution in [-0.2, 0) is 4.74 Å². The van der Waals surface area contributed by atoms with Gasteiger partial charge in [0.15, 0.2) is 0 Å². The lowest BCUT2D eigenvalue weighted by Gasteiger charge is -2.10. The van der Waals surface area contributed by atoms with E-state index >= 15 is 0 Å². The Morgan fingerprint density at radius 3 is 2.88 bits per heavy atom. The summed E-state index contributed by atoms with van der Waals surface area (Å²) in [6.45, 7) is 4.86. The first kappa shape index (κ1) is 13.9. The van der Waals surface area contributed by atoms with Crippen LogP contribution >= 0.6 is 15.9 Å². The van der Waals surface area contributed by atoms with E-state index in [0.717, 1.165) is 0 Å². The Labute approximate surface area is 108 Å². The van der Waals surface area contributed by atoms with E-state index in [1.165, 1.54) is 12.4 Å². The molecule has 0 aliphatic heterocycles. The monoisotopic (exact) mass is 303 g/mol. The molecule has 17 heavy (non-hydrogen) atoms. The van der Waals surface area contributed by atoms with Gasteiger partial charge in [-0.1, -0.05) is 0 Å². The van der Waals surface area contributed by atoms with Gasteiger partial charge in [-0.25, -0.2) is 0 Å². The van der Waals surface area contributed by atoms with Gasteiger partial charge in [-0.2, -0.15) is 0 Å². The maximum atomic E-state index is 10.8. The molecule has 0 amide bonds. The van der Waals surface area contributed by atoms with Crippen molar-refractivity contribution in [2.24, 2.45) is 0 Å². The molecule has 0 aromatic carbocycles. The summed E-state index contributed by atoms with van der Waals surface area (Å²) in [6, 6.07) is 0. The Balaban J connectivity index is 2.66. The zero-order valence-electron chi connectivity index (χ0n) is 9.64. The fraction of sp³-hybridized carbons (Fsp3) is 0.500. The van der Waals surface area contributed by atoms with Gasteiger partial charge in [-0.15, -0.1) is 0 Å². The second-order valence-corrected chi connectivity index (χ2v) is 4.47. The van der Waals surface area contributed by atoms with Crippen molar-refractivity contribution < 1.29 is 9.66 Å². The highest BCUT2D eigenvalue weighted by Gasteiger charge is 2.16. The molecule has 0 unspecified atom stereocenters. The molecule has 0 fully saturated rings. The largest absolute Gasteiger partial charge is 0.377 e. The smallest absolute Gasteiger partial charge is 0.311 e. The first-order chi connectivity index (χ1) is 8.02. The van der Waals surface area contributed by atoms with Crippen molar-refractivity contribution in [1.29, 1.82) is 0 Å².